The van der Waals surface area contributed by atoms with Gasteiger partial charge in [0.05, 0.1) is 0 Å². The number of benzene rings is 1. The van der Waals surface area contributed by atoms with Crippen molar-refractivity contribution >= 4 is 11.9 Å². The predicted molar refractivity (Wildman–Crippen MR) is 117 cm³/mol. The minimum atomic E-state index is -1.28. The molecule has 29 heavy (non-hydrogen) atoms. The van der Waals surface area contributed by atoms with E-state index in [1.165, 1.54) is 49.7 Å². The molecular formula is C24H38N2O3. The van der Waals surface area contributed by atoms with Crippen LogP contribution in [0.25, 0.3) is 0 Å². The zero-order valence-corrected chi connectivity index (χ0v) is 18.1. The van der Waals surface area contributed by atoms with Crippen molar-refractivity contribution in [1.82, 2.24) is 10.6 Å². The van der Waals surface area contributed by atoms with Crippen LogP contribution in [0.5, 0.6) is 0 Å². The van der Waals surface area contributed by atoms with Gasteiger partial charge in [0.25, 0.3) is 0 Å². The lowest BCUT2D eigenvalue weighted by Gasteiger charge is -2.23. The molecule has 1 aromatic rings. The molecule has 1 amide bonds. The number of nitrogens with one attached hydrogen (secondary N) is 2. The Morgan fingerprint density at radius 3 is 2.34 bits per heavy atom. The van der Waals surface area contributed by atoms with Crippen LogP contribution < -0.4 is 10.6 Å². The molecular weight excluding hydrogens is 364 g/mol. The van der Waals surface area contributed by atoms with Crippen LogP contribution in [0.1, 0.15) is 82.8 Å². The summed E-state index contributed by atoms with van der Waals surface area (Å²) in [5.41, 5.74) is 1.29. The summed E-state index contributed by atoms with van der Waals surface area (Å²) in [6.07, 6.45) is 10.5. The molecule has 0 spiro atoms. The fourth-order valence-electron chi connectivity index (χ4n) is 4.24. The van der Waals surface area contributed by atoms with Gasteiger partial charge in [-0.15, -0.1) is 0 Å². The fourth-order valence-corrected chi connectivity index (χ4v) is 4.24. The number of unbranched alkanes of at least 4 members (excludes halogenated alkanes) is 5. The quantitative estimate of drug-likeness (QED) is 0.337. The molecule has 1 fully saturated rings. The van der Waals surface area contributed by atoms with E-state index in [2.05, 4.69) is 41.8 Å². The maximum Gasteiger partial charge on any atom is 0.319 e. The molecule has 0 radical (unpaired) electrons. The van der Waals surface area contributed by atoms with Gasteiger partial charge in [-0.05, 0) is 50.2 Å². The normalized spacial score (nSPS) is 21.2. The number of hydrogen-bond donors (Lipinski definition) is 3. The highest BCUT2D eigenvalue weighted by Crippen LogP contribution is 2.39. The van der Waals surface area contributed by atoms with Crippen molar-refractivity contribution in [2.24, 2.45) is 5.41 Å². The Hall–Kier alpha value is -1.88. The van der Waals surface area contributed by atoms with E-state index in [9.17, 15) is 14.7 Å². The minimum Gasteiger partial charge on any atom is -0.480 e. The summed E-state index contributed by atoms with van der Waals surface area (Å²) in [6, 6.07) is 8.77. The summed E-state index contributed by atoms with van der Waals surface area (Å²) in [5.74, 6) is -1.36. The lowest BCUT2D eigenvalue weighted by molar-refractivity contribution is -0.155. The Morgan fingerprint density at radius 2 is 1.69 bits per heavy atom. The molecule has 0 saturated heterocycles. The zero-order valence-electron chi connectivity index (χ0n) is 18.1. The van der Waals surface area contributed by atoms with Crippen LogP contribution in [-0.4, -0.2) is 29.6 Å². The Bertz CT molecular complexity index is 644. The maximum atomic E-state index is 12.3. The maximum absolute atomic E-state index is 12.3. The van der Waals surface area contributed by atoms with Crippen molar-refractivity contribution in [2.45, 2.75) is 90.6 Å². The van der Waals surface area contributed by atoms with Gasteiger partial charge in [0, 0.05) is 19.1 Å². The highest BCUT2D eigenvalue weighted by molar-refractivity contribution is 6.02. The van der Waals surface area contributed by atoms with Gasteiger partial charge in [-0.25, -0.2) is 0 Å². The van der Waals surface area contributed by atoms with Gasteiger partial charge in [0.1, 0.15) is 5.41 Å². The van der Waals surface area contributed by atoms with Gasteiger partial charge in [-0.1, -0.05) is 63.3 Å². The molecule has 2 atom stereocenters. The van der Waals surface area contributed by atoms with Crippen molar-refractivity contribution in [2.75, 3.05) is 6.54 Å². The van der Waals surface area contributed by atoms with Crippen molar-refractivity contribution in [1.29, 1.82) is 0 Å². The van der Waals surface area contributed by atoms with Crippen molar-refractivity contribution in [3.8, 4) is 0 Å². The predicted octanol–water partition coefficient (Wildman–Crippen LogP) is 4.44. The number of carbonyl (C=O) groups is 2. The molecule has 2 rings (SSSR count). The third-order valence-electron chi connectivity index (χ3n) is 6.13. The number of hydrogen-bond acceptors (Lipinski definition) is 3. The molecule has 1 aliphatic carbocycles. The zero-order chi connectivity index (χ0) is 21.1. The summed E-state index contributed by atoms with van der Waals surface area (Å²) in [5, 5.41) is 15.8. The standard InChI is InChI=1S/C24H38N2O3/c1-3-5-6-7-8-9-10-19-11-13-20(14-12-19)18-26-21-15-16-24(17-21,23(28)29)22(27)25-4-2/h11-14,21,26H,3-10,15-18H2,1-2H3,(H,25,27)(H,28,29). The van der Waals surface area contributed by atoms with Crippen LogP contribution >= 0.6 is 0 Å². The number of carbonyl (C=O) groups excluding carboxylic acids is 1. The van der Waals surface area contributed by atoms with Crippen molar-refractivity contribution in [3.05, 3.63) is 35.4 Å². The van der Waals surface area contributed by atoms with Crippen LogP contribution in [0, 0.1) is 5.41 Å². The molecule has 0 heterocycles. The number of amides is 1. The third-order valence-corrected chi connectivity index (χ3v) is 6.13. The van der Waals surface area contributed by atoms with Crippen molar-refractivity contribution < 1.29 is 14.7 Å². The Kier molecular flexibility index (Phi) is 9.65. The van der Waals surface area contributed by atoms with E-state index in [0.29, 0.717) is 32.4 Å². The molecule has 1 saturated carbocycles. The second kappa shape index (κ2) is 12.0. The van der Waals surface area contributed by atoms with E-state index in [-0.39, 0.29) is 11.9 Å². The van der Waals surface area contributed by atoms with Gasteiger partial charge in [-0.2, -0.15) is 0 Å². The van der Waals surface area contributed by atoms with E-state index in [1.807, 2.05) is 6.92 Å². The van der Waals surface area contributed by atoms with E-state index in [0.717, 1.165) is 6.42 Å². The molecule has 0 bridgehead atoms. The van der Waals surface area contributed by atoms with Crippen LogP contribution in [0.3, 0.4) is 0 Å². The Morgan fingerprint density at radius 1 is 1.03 bits per heavy atom. The summed E-state index contributed by atoms with van der Waals surface area (Å²) >= 11 is 0. The largest absolute Gasteiger partial charge is 0.480 e. The Balaban J connectivity index is 1.76. The molecule has 5 nitrogen and oxygen atoms in total. The number of carboxylic acids is 1. The first-order chi connectivity index (χ1) is 14.0. The minimum absolute atomic E-state index is 0.0523. The van der Waals surface area contributed by atoms with Crippen LogP contribution in [0.15, 0.2) is 24.3 Å². The van der Waals surface area contributed by atoms with Crippen LogP contribution in [-0.2, 0) is 22.6 Å². The SMILES string of the molecule is CCCCCCCCc1ccc(CNC2CCC(C(=O)O)(C(=O)NCC)C2)cc1. The molecule has 0 aromatic heterocycles. The smallest absolute Gasteiger partial charge is 0.319 e. The van der Waals surface area contributed by atoms with E-state index < -0.39 is 11.4 Å². The second-order valence-corrected chi connectivity index (χ2v) is 8.40. The van der Waals surface area contributed by atoms with Crippen LogP contribution in [0.4, 0.5) is 0 Å². The summed E-state index contributed by atoms with van der Waals surface area (Å²) < 4.78 is 0. The first-order valence-corrected chi connectivity index (χ1v) is 11.3. The van der Waals surface area contributed by atoms with E-state index >= 15 is 0 Å². The topological polar surface area (TPSA) is 78.4 Å². The lowest BCUT2D eigenvalue weighted by atomic mass is 9.85. The van der Waals surface area contributed by atoms with Gasteiger partial charge in [-0.3, -0.25) is 9.59 Å². The Labute approximate surface area is 175 Å². The molecule has 5 heteroatoms. The van der Waals surface area contributed by atoms with Gasteiger partial charge in [0.15, 0.2) is 0 Å². The first-order valence-electron chi connectivity index (χ1n) is 11.3. The summed E-state index contributed by atoms with van der Waals surface area (Å²) in [4.78, 5) is 24.1. The number of rotatable bonds is 13. The van der Waals surface area contributed by atoms with E-state index in [1.54, 1.807) is 0 Å². The lowest BCUT2D eigenvalue weighted by Crippen LogP contribution is -2.46. The second-order valence-electron chi connectivity index (χ2n) is 8.40. The first kappa shape index (κ1) is 23.4. The molecule has 3 N–H and O–H groups in total. The van der Waals surface area contributed by atoms with Gasteiger partial charge >= 0.3 is 5.97 Å². The molecule has 162 valence electrons. The molecule has 2 unspecified atom stereocenters. The molecule has 0 aliphatic heterocycles. The number of carboxylic acid groups (broad SMARTS) is 1. The average Bonchev–Trinajstić information content (AvgIpc) is 3.16. The number of aliphatic carboxylic acids is 1. The molecule has 1 aromatic carbocycles. The molecule has 1 aliphatic rings. The highest BCUT2D eigenvalue weighted by atomic mass is 16.4. The van der Waals surface area contributed by atoms with Crippen molar-refractivity contribution in [3.63, 3.8) is 0 Å². The third kappa shape index (κ3) is 6.84. The summed E-state index contributed by atoms with van der Waals surface area (Å²) in [6.45, 7) is 5.22. The highest BCUT2D eigenvalue weighted by Gasteiger charge is 2.51. The summed E-state index contributed by atoms with van der Waals surface area (Å²) in [7, 11) is 0. The monoisotopic (exact) mass is 402 g/mol. The van der Waals surface area contributed by atoms with E-state index in [4.69, 9.17) is 0 Å². The fraction of sp³-hybridized carbons (Fsp3) is 0.667. The van der Waals surface area contributed by atoms with Crippen LogP contribution in [0.2, 0.25) is 0 Å². The van der Waals surface area contributed by atoms with Gasteiger partial charge < -0.3 is 15.7 Å². The average molecular weight is 403 g/mol. The van der Waals surface area contributed by atoms with Gasteiger partial charge in [0.2, 0.25) is 5.91 Å². The number of aryl methyl sites for hydroxylation is 1.